The monoisotopic (exact) mass is 580 g/mol. The average molecular weight is 581 g/mol. The van der Waals surface area contributed by atoms with Crippen LogP contribution in [0, 0.1) is 6.92 Å². The van der Waals surface area contributed by atoms with Crippen molar-refractivity contribution < 1.29 is 28.7 Å². The zero-order chi connectivity index (χ0) is 30.1. The van der Waals surface area contributed by atoms with Gasteiger partial charge in [-0.15, -0.1) is 0 Å². The Hall–Kier alpha value is -4.18. The first-order chi connectivity index (χ1) is 19.2. The van der Waals surface area contributed by atoms with E-state index in [-0.39, 0.29) is 49.9 Å². The molecule has 2 aliphatic heterocycles. The molecule has 0 aromatic heterocycles. The lowest BCUT2D eigenvalue weighted by molar-refractivity contribution is -0.149. The van der Waals surface area contributed by atoms with E-state index >= 15 is 0 Å². The standard InChI is InChI=1S/C30H33ClN4O6/c1-17-6-8-21(13-23(17)31)34(15-18(2)28(39)41-30(3,4)5)29(40)32-14-19-7-9-22-20(12-19)16-35(27(22)38)24-10-11-25(36)33-26(24)37/h6-9,12-13,24H,2,10-11,14-16H2,1,3-5H3,(H,32,40)(H,33,36,37). The second-order valence-corrected chi connectivity index (χ2v) is 11.6. The summed E-state index contributed by atoms with van der Waals surface area (Å²) in [6.07, 6.45) is 0.456. The molecule has 4 rings (SSSR count). The van der Waals surface area contributed by atoms with Gasteiger partial charge in [-0.1, -0.05) is 36.4 Å². The Morgan fingerprint density at radius 2 is 1.90 bits per heavy atom. The van der Waals surface area contributed by atoms with Gasteiger partial charge < -0.3 is 15.0 Å². The van der Waals surface area contributed by atoms with Crippen LogP contribution in [-0.2, 0) is 32.2 Å². The fourth-order valence-corrected chi connectivity index (χ4v) is 4.82. The zero-order valence-corrected chi connectivity index (χ0v) is 24.3. The number of urea groups is 1. The Bertz CT molecular complexity index is 1450. The highest BCUT2D eigenvalue weighted by Crippen LogP contribution is 2.29. The van der Waals surface area contributed by atoms with E-state index in [9.17, 15) is 24.0 Å². The zero-order valence-electron chi connectivity index (χ0n) is 23.5. The molecular weight excluding hydrogens is 548 g/mol. The van der Waals surface area contributed by atoms with E-state index in [1.165, 1.54) is 9.80 Å². The van der Waals surface area contributed by atoms with Crippen LogP contribution in [0.3, 0.4) is 0 Å². The van der Waals surface area contributed by atoms with Crippen molar-refractivity contribution in [3.05, 3.63) is 75.8 Å². The number of anilines is 1. The molecule has 11 heteroatoms. The number of carbonyl (C=O) groups excluding carboxylic acids is 5. The van der Waals surface area contributed by atoms with E-state index < -0.39 is 29.6 Å². The first kappa shape index (κ1) is 29.8. The maximum Gasteiger partial charge on any atom is 0.335 e. The quantitative estimate of drug-likeness (QED) is 0.289. The molecule has 1 atom stereocenters. The van der Waals surface area contributed by atoms with Crippen LogP contribution in [0.4, 0.5) is 10.5 Å². The maximum absolute atomic E-state index is 13.4. The minimum Gasteiger partial charge on any atom is -0.457 e. The lowest BCUT2D eigenvalue weighted by atomic mass is 10.0. The van der Waals surface area contributed by atoms with Gasteiger partial charge >= 0.3 is 12.0 Å². The van der Waals surface area contributed by atoms with Crippen LogP contribution in [0.1, 0.15) is 60.7 Å². The first-order valence-corrected chi connectivity index (χ1v) is 13.6. The van der Waals surface area contributed by atoms with Gasteiger partial charge in [0, 0.05) is 41.4 Å². The molecule has 2 aromatic rings. The summed E-state index contributed by atoms with van der Waals surface area (Å²) < 4.78 is 5.41. The maximum atomic E-state index is 13.4. The lowest BCUT2D eigenvalue weighted by Crippen LogP contribution is -2.52. The number of esters is 1. The molecule has 0 aliphatic carbocycles. The molecule has 0 radical (unpaired) electrons. The van der Waals surface area contributed by atoms with Gasteiger partial charge in [-0.05, 0) is 69.0 Å². The molecule has 1 fully saturated rings. The molecule has 0 spiro atoms. The number of ether oxygens (including phenoxy) is 1. The number of nitrogens with one attached hydrogen (secondary N) is 2. The predicted molar refractivity (Wildman–Crippen MR) is 153 cm³/mol. The van der Waals surface area contributed by atoms with Crippen molar-refractivity contribution in [3.8, 4) is 0 Å². The molecule has 216 valence electrons. The summed E-state index contributed by atoms with van der Waals surface area (Å²) >= 11 is 6.33. The van der Waals surface area contributed by atoms with E-state index in [2.05, 4.69) is 17.2 Å². The lowest BCUT2D eigenvalue weighted by Gasteiger charge is -2.29. The second-order valence-electron chi connectivity index (χ2n) is 11.2. The van der Waals surface area contributed by atoms with E-state index in [1.54, 1.807) is 51.1 Å². The number of aryl methyl sites for hydroxylation is 1. The number of rotatable bonds is 7. The number of nitrogens with zero attached hydrogens (tertiary/aromatic N) is 2. The first-order valence-electron chi connectivity index (χ1n) is 13.2. The number of halogens is 1. The summed E-state index contributed by atoms with van der Waals surface area (Å²) in [5.41, 5.74) is 2.63. The van der Waals surface area contributed by atoms with Crippen LogP contribution in [-0.4, -0.2) is 52.8 Å². The van der Waals surface area contributed by atoms with Crippen LogP contribution in [0.2, 0.25) is 5.02 Å². The molecule has 2 N–H and O–H groups in total. The normalized spacial score (nSPS) is 16.7. The van der Waals surface area contributed by atoms with Crippen molar-refractivity contribution in [2.45, 2.75) is 65.3 Å². The van der Waals surface area contributed by atoms with Gasteiger partial charge in [0.1, 0.15) is 11.6 Å². The van der Waals surface area contributed by atoms with Crippen LogP contribution < -0.4 is 15.5 Å². The van der Waals surface area contributed by atoms with Crippen molar-refractivity contribution in [2.75, 3.05) is 11.4 Å². The fraction of sp³-hybridized carbons (Fsp3) is 0.367. The minimum absolute atomic E-state index is 0.0938. The largest absolute Gasteiger partial charge is 0.457 e. The van der Waals surface area contributed by atoms with Crippen LogP contribution in [0.5, 0.6) is 0 Å². The van der Waals surface area contributed by atoms with Crippen molar-refractivity contribution in [2.24, 2.45) is 0 Å². The molecule has 41 heavy (non-hydrogen) atoms. The minimum atomic E-state index is -0.719. The number of piperidine rings is 1. The molecule has 1 saturated heterocycles. The Morgan fingerprint density at radius 3 is 2.56 bits per heavy atom. The van der Waals surface area contributed by atoms with Crippen molar-refractivity contribution in [1.29, 1.82) is 0 Å². The topological polar surface area (TPSA) is 125 Å². The Labute approximate surface area is 243 Å². The number of hydrogen-bond donors (Lipinski definition) is 2. The molecule has 2 aliphatic rings. The third kappa shape index (κ3) is 6.94. The summed E-state index contributed by atoms with van der Waals surface area (Å²) in [6, 6.07) is 9.17. The number of hydrogen-bond acceptors (Lipinski definition) is 6. The van der Waals surface area contributed by atoms with Crippen LogP contribution in [0.25, 0.3) is 0 Å². The number of amides is 5. The third-order valence-corrected chi connectivity index (χ3v) is 7.19. The molecule has 0 saturated carbocycles. The molecular formula is C30H33ClN4O6. The predicted octanol–water partition coefficient (Wildman–Crippen LogP) is 4.02. The van der Waals surface area contributed by atoms with Gasteiger partial charge in [-0.3, -0.25) is 24.6 Å². The van der Waals surface area contributed by atoms with Crippen LogP contribution in [0.15, 0.2) is 48.6 Å². The van der Waals surface area contributed by atoms with Crippen LogP contribution >= 0.6 is 11.6 Å². The highest BCUT2D eigenvalue weighted by molar-refractivity contribution is 6.31. The molecule has 10 nitrogen and oxygen atoms in total. The summed E-state index contributed by atoms with van der Waals surface area (Å²) in [4.78, 5) is 65.6. The van der Waals surface area contributed by atoms with Gasteiger partial charge in [0.25, 0.3) is 5.91 Å². The number of fused-ring (bicyclic) bond motifs is 1. The van der Waals surface area contributed by atoms with E-state index in [0.717, 1.165) is 16.7 Å². The Morgan fingerprint density at radius 1 is 1.17 bits per heavy atom. The summed E-state index contributed by atoms with van der Waals surface area (Å²) in [6.45, 7) is 11.2. The Balaban J connectivity index is 1.47. The van der Waals surface area contributed by atoms with Gasteiger partial charge in [0.2, 0.25) is 11.8 Å². The molecule has 1 unspecified atom stereocenters. The van der Waals surface area contributed by atoms with E-state index in [4.69, 9.17) is 16.3 Å². The molecule has 2 heterocycles. The number of benzene rings is 2. The van der Waals surface area contributed by atoms with Gasteiger partial charge in [0.15, 0.2) is 0 Å². The van der Waals surface area contributed by atoms with Crippen molar-refractivity contribution in [1.82, 2.24) is 15.5 Å². The van der Waals surface area contributed by atoms with Crippen molar-refractivity contribution >= 4 is 47.0 Å². The molecule has 5 amide bonds. The van der Waals surface area contributed by atoms with Gasteiger partial charge in [-0.25, -0.2) is 9.59 Å². The average Bonchev–Trinajstić information content (AvgIpc) is 3.21. The van der Waals surface area contributed by atoms with Gasteiger partial charge in [-0.2, -0.15) is 0 Å². The van der Waals surface area contributed by atoms with Crippen molar-refractivity contribution in [3.63, 3.8) is 0 Å². The number of carbonyl (C=O) groups is 5. The fourth-order valence-electron chi connectivity index (χ4n) is 4.65. The smallest absolute Gasteiger partial charge is 0.335 e. The summed E-state index contributed by atoms with van der Waals surface area (Å²) in [5, 5.41) is 5.62. The van der Waals surface area contributed by atoms with E-state index in [1.807, 2.05) is 13.0 Å². The van der Waals surface area contributed by atoms with Gasteiger partial charge in [0.05, 0.1) is 6.54 Å². The highest BCUT2D eigenvalue weighted by atomic mass is 35.5. The summed E-state index contributed by atoms with van der Waals surface area (Å²) in [5.74, 6) is -1.70. The molecule has 0 bridgehead atoms. The summed E-state index contributed by atoms with van der Waals surface area (Å²) in [7, 11) is 0. The highest BCUT2D eigenvalue weighted by Gasteiger charge is 2.39. The number of imide groups is 1. The molecule has 2 aromatic carbocycles. The second kappa shape index (κ2) is 11.7. The van der Waals surface area contributed by atoms with E-state index in [0.29, 0.717) is 16.3 Å². The SMILES string of the molecule is C=C(CN(C(=O)NCc1ccc2c(c1)CN(C1CCC(=O)NC1=O)C2=O)c1ccc(C)c(Cl)c1)C(=O)OC(C)(C)C. The third-order valence-electron chi connectivity index (χ3n) is 6.78. The Kier molecular flexibility index (Phi) is 8.53.